The second-order valence-electron chi connectivity index (χ2n) is 4.71. The molecule has 1 aromatic heterocycles. The molecular weight excluding hydrogens is 222 g/mol. The zero-order valence-corrected chi connectivity index (χ0v) is 11.4. The van der Waals surface area contributed by atoms with E-state index in [0.29, 0.717) is 0 Å². The van der Waals surface area contributed by atoms with E-state index in [4.69, 9.17) is 4.42 Å². The second-order valence-corrected chi connectivity index (χ2v) is 4.71. The number of rotatable bonds is 5. The van der Waals surface area contributed by atoms with Crippen molar-refractivity contribution >= 4 is 0 Å². The van der Waals surface area contributed by atoms with Crippen LogP contribution in [0.4, 0.5) is 0 Å². The molecule has 2 heteroatoms. The zero-order valence-electron chi connectivity index (χ0n) is 11.4. The summed E-state index contributed by atoms with van der Waals surface area (Å²) in [6.07, 6.45) is 2.88. The molecule has 0 fully saturated rings. The van der Waals surface area contributed by atoms with Crippen LogP contribution in [0.3, 0.4) is 0 Å². The first-order chi connectivity index (χ1) is 8.74. The molecule has 0 saturated heterocycles. The SMILES string of the molecule is CCCNC(c1ccccc1C)c1occc1C. The normalized spacial score (nSPS) is 12.6. The average molecular weight is 243 g/mol. The van der Waals surface area contributed by atoms with E-state index < -0.39 is 0 Å². The van der Waals surface area contributed by atoms with Gasteiger partial charge in [0.25, 0.3) is 0 Å². The fraction of sp³-hybridized carbons (Fsp3) is 0.375. The molecule has 0 saturated carbocycles. The molecule has 0 radical (unpaired) electrons. The molecule has 0 spiro atoms. The van der Waals surface area contributed by atoms with Gasteiger partial charge in [-0.3, -0.25) is 0 Å². The Morgan fingerprint density at radius 3 is 2.50 bits per heavy atom. The highest BCUT2D eigenvalue weighted by molar-refractivity contribution is 5.35. The molecule has 1 unspecified atom stereocenters. The van der Waals surface area contributed by atoms with Crippen LogP contribution in [0.2, 0.25) is 0 Å². The Morgan fingerprint density at radius 2 is 1.89 bits per heavy atom. The summed E-state index contributed by atoms with van der Waals surface area (Å²) in [5.74, 6) is 1.03. The summed E-state index contributed by atoms with van der Waals surface area (Å²) >= 11 is 0. The molecule has 18 heavy (non-hydrogen) atoms. The van der Waals surface area contributed by atoms with E-state index in [2.05, 4.69) is 50.4 Å². The monoisotopic (exact) mass is 243 g/mol. The molecule has 2 rings (SSSR count). The van der Waals surface area contributed by atoms with Gasteiger partial charge in [-0.1, -0.05) is 31.2 Å². The van der Waals surface area contributed by atoms with E-state index in [1.54, 1.807) is 6.26 Å². The standard InChI is InChI=1S/C16H21NO/c1-4-10-17-15(16-13(3)9-11-18-16)14-8-6-5-7-12(14)2/h5-9,11,15,17H,4,10H2,1-3H3. The quantitative estimate of drug-likeness (QED) is 0.859. The van der Waals surface area contributed by atoms with E-state index in [-0.39, 0.29) is 6.04 Å². The van der Waals surface area contributed by atoms with Crippen LogP contribution in [0.1, 0.15) is 41.8 Å². The van der Waals surface area contributed by atoms with Crippen LogP contribution in [0, 0.1) is 13.8 Å². The molecule has 0 bridgehead atoms. The number of nitrogens with one attached hydrogen (secondary N) is 1. The summed E-state index contributed by atoms with van der Waals surface area (Å²) in [6, 6.07) is 10.7. The highest BCUT2D eigenvalue weighted by atomic mass is 16.3. The number of aryl methyl sites for hydroxylation is 2. The number of hydrogen-bond donors (Lipinski definition) is 1. The Kier molecular flexibility index (Phi) is 4.21. The molecule has 1 aromatic carbocycles. The molecule has 0 aliphatic heterocycles. The van der Waals surface area contributed by atoms with Gasteiger partial charge >= 0.3 is 0 Å². The van der Waals surface area contributed by atoms with Crippen molar-refractivity contribution in [3.05, 3.63) is 59.0 Å². The Labute approximate surface area is 109 Å². The van der Waals surface area contributed by atoms with Crippen molar-refractivity contribution in [2.75, 3.05) is 6.54 Å². The molecule has 2 nitrogen and oxygen atoms in total. The summed E-state index contributed by atoms with van der Waals surface area (Å²) in [7, 11) is 0. The lowest BCUT2D eigenvalue weighted by atomic mass is 9.97. The first-order valence-electron chi connectivity index (χ1n) is 6.57. The van der Waals surface area contributed by atoms with Crippen molar-refractivity contribution in [3.63, 3.8) is 0 Å². The minimum atomic E-state index is 0.154. The van der Waals surface area contributed by atoms with Gasteiger partial charge in [-0.05, 0) is 49.6 Å². The van der Waals surface area contributed by atoms with Crippen LogP contribution in [-0.2, 0) is 0 Å². The van der Waals surface area contributed by atoms with Crippen molar-refractivity contribution in [1.82, 2.24) is 5.32 Å². The lowest BCUT2D eigenvalue weighted by Gasteiger charge is -2.19. The largest absolute Gasteiger partial charge is 0.467 e. The van der Waals surface area contributed by atoms with Gasteiger partial charge in [0.1, 0.15) is 5.76 Å². The van der Waals surface area contributed by atoms with Crippen molar-refractivity contribution < 1.29 is 4.42 Å². The van der Waals surface area contributed by atoms with Crippen LogP contribution in [0.5, 0.6) is 0 Å². The van der Waals surface area contributed by atoms with Crippen LogP contribution in [-0.4, -0.2) is 6.54 Å². The van der Waals surface area contributed by atoms with E-state index in [0.717, 1.165) is 18.7 Å². The lowest BCUT2D eigenvalue weighted by Crippen LogP contribution is -2.24. The average Bonchev–Trinajstić information content (AvgIpc) is 2.78. The Morgan fingerprint density at radius 1 is 1.11 bits per heavy atom. The maximum atomic E-state index is 5.67. The summed E-state index contributed by atoms with van der Waals surface area (Å²) in [6.45, 7) is 7.40. The molecule has 0 aliphatic rings. The van der Waals surface area contributed by atoms with Crippen LogP contribution >= 0.6 is 0 Å². The van der Waals surface area contributed by atoms with Gasteiger partial charge in [0.05, 0.1) is 12.3 Å². The second kappa shape index (κ2) is 5.87. The predicted octanol–water partition coefficient (Wildman–Crippen LogP) is 3.99. The molecule has 1 atom stereocenters. The summed E-state index contributed by atoms with van der Waals surface area (Å²) in [5.41, 5.74) is 3.79. The fourth-order valence-electron chi connectivity index (χ4n) is 2.22. The Balaban J connectivity index is 2.37. The lowest BCUT2D eigenvalue weighted by molar-refractivity contribution is 0.443. The molecule has 2 aromatic rings. The first-order valence-corrected chi connectivity index (χ1v) is 6.57. The summed E-state index contributed by atoms with van der Waals surface area (Å²) in [5, 5.41) is 3.58. The summed E-state index contributed by atoms with van der Waals surface area (Å²) < 4.78 is 5.67. The van der Waals surface area contributed by atoms with Gasteiger partial charge in [-0.2, -0.15) is 0 Å². The smallest absolute Gasteiger partial charge is 0.128 e. The predicted molar refractivity (Wildman–Crippen MR) is 74.8 cm³/mol. The van der Waals surface area contributed by atoms with E-state index in [1.165, 1.54) is 16.7 Å². The third-order valence-corrected chi connectivity index (χ3v) is 3.26. The summed E-state index contributed by atoms with van der Waals surface area (Å²) in [4.78, 5) is 0. The molecule has 0 amide bonds. The van der Waals surface area contributed by atoms with Gasteiger partial charge in [0, 0.05) is 0 Å². The van der Waals surface area contributed by atoms with Crippen LogP contribution in [0.25, 0.3) is 0 Å². The number of benzene rings is 1. The van der Waals surface area contributed by atoms with Crippen molar-refractivity contribution in [2.24, 2.45) is 0 Å². The minimum absolute atomic E-state index is 0.154. The maximum absolute atomic E-state index is 5.67. The van der Waals surface area contributed by atoms with Gasteiger partial charge in [-0.25, -0.2) is 0 Å². The van der Waals surface area contributed by atoms with E-state index in [1.807, 2.05) is 6.07 Å². The van der Waals surface area contributed by atoms with Crippen molar-refractivity contribution in [2.45, 2.75) is 33.2 Å². The van der Waals surface area contributed by atoms with Crippen molar-refractivity contribution in [3.8, 4) is 0 Å². The molecule has 1 heterocycles. The minimum Gasteiger partial charge on any atom is -0.467 e. The van der Waals surface area contributed by atoms with Gasteiger partial charge in [-0.15, -0.1) is 0 Å². The zero-order chi connectivity index (χ0) is 13.0. The fourth-order valence-corrected chi connectivity index (χ4v) is 2.22. The molecular formula is C16H21NO. The number of hydrogen-bond acceptors (Lipinski definition) is 2. The highest BCUT2D eigenvalue weighted by Gasteiger charge is 2.19. The van der Waals surface area contributed by atoms with Crippen LogP contribution < -0.4 is 5.32 Å². The van der Waals surface area contributed by atoms with E-state index in [9.17, 15) is 0 Å². The Bertz CT molecular complexity index is 501. The molecule has 96 valence electrons. The third-order valence-electron chi connectivity index (χ3n) is 3.26. The Hall–Kier alpha value is -1.54. The van der Waals surface area contributed by atoms with Gasteiger partial charge in [0.15, 0.2) is 0 Å². The van der Waals surface area contributed by atoms with Gasteiger partial charge in [0.2, 0.25) is 0 Å². The maximum Gasteiger partial charge on any atom is 0.128 e. The highest BCUT2D eigenvalue weighted by Crippen LogP contribution is 2.27. The molecule has 0 aliphatic carbocycles. The number of furan rings is 1. The first kappa shape index (κ1) is 12.9. The molecule has 1 N–H and O–H groups in total. The third kappa shape index (κ3) is 2.65. The van der Waals surface area contributed by atoms with Crippen LogP contribution in [0.15, 0.2) is 41.0 Å². The van der Waals surface area contributed by atoms with Crippen molar-refractivity contribution in [1.29, 1.82) is 0 Å². The van der Waals surface area contributed by atoms with E-state index >= 15 is 0 Å². The van der Waals surface area contributed by atoms with Gasteiger partial charge < -0.3 is 9.73 Å². The topological polar surface area (TPSA) is 25.2 Å².